The van der Waals surface area contributed by atoms with E-state index in [2.05, 4.69) is 10.6 Å². The molecule has 0 saturated heterocycles. The number of para-hydroxylation sites is 1. The number of hydrogen-bond donors (Lipinski definition) is 2. The smallest absolute Gasteiger partial charge is 0.255 e. The van der Waals surface area contributed by atoms with Gasteiger partial charge in [0.25, 0.3) is 11.8 Å². The quantitative estimate of drug-likeness (QED) is 0.754. The van der Waals surface area contributed by atoms with Crippen molar-refractivity contribution in [1.82, 2.24) is 5.32 Å². The summed E-state index contributed by atoms with van der Waals surface area (Å²) in [6.07, 6.45) is 1.98. The number of halogens is 1. The van der Waals surface area contributed by atoms with Crippen molar-refractivity contribution in [2.24, 2.45) is 0 Å². The van der Waals surface area contributed by atoms with Crippen LogP contribution in [0.2, 0.25) is 5.02 Å². The average Bonchev–Trinajstić information content (AvgIpc) is 3.47. The van der Waals surface area contributed by atoms with Gasteiger partial charge in [-0.25, -0.2) is 0 Å². The van der Waals surface area contributed by atoms with Crippen molar-refractivity contribution < 1.29 is 19.1 Å². The van der Waals surface area contributed by atoms with Gasteiger partial charge in [-0.1, -0.05) is 23.7 Å². The summed E-state index contributed by atoms with van der Waals surface area (Å²) in [5.41, 5.74) is 1.16. The van der Waals surface area contributed by atoms with Gasteiger partial charge in [0.15, 0.2) is 11.5 Å². The maximum Gasteiger partial charge on any atom is 0.255 e. The molecule has 7 heteroatoms. The van der Waals surface area contributed by atoms with Crippen molar-refractivity contribution in [1.29, 1.82) is 0 Å². The van der Waals surface area contributed by atoms with E-state index in [1.165, 1.54) is 13.2 Å². The molecule has 2 aromatic rings. The molecule has 2 N–H and O–H groups in total. The Morgan fingerprint density at radius 3 is 2.59 bits per heavy atom. The van der Waals surface area contributed by atoms with E-state index in [9.17, 15) is 9.59 Å². The van der Waals surface area contributed by atoms with E-state index in [1.54, 1.807) is 30.3 Å². The first-order valence-electron chi connectivity index (χ1n) is 8.75. The number of carbonyl (C=O) groups is 2. The number of carbonyl (C=O) groups excluding carboxylic acids is 2. The molecule has 0 unspecified atom stereocenters. The Kier molecular flexibility index (Phi) is 5.86. The van der Waals surface area contributed by atoms with Crippen LogP contribution in [0.4, 0.5) is 5.69 Å². The molecule has 0 aliphatic heterocycles. The van der Waals surface area contributed by atoms with Crippen molar-refractivity contribution in [3.8, 4) is 11.5 Å². The normalized spacial score (nSPS) is 13.0. The third kappa shape index (κ3) is 4.52. The standard InChI is InChI=1S/C20H21ClN2O4/c1-3-27-18-15(21)10-12(11-17(18)26-2)19(24)23-16-7-5-4-6-14(16)20(25)22-13-8-9-13/h4-7,10-11,13H,3,8-9H2,1-2H3,(H,22,25)(H,23,24). The van der Waals surface area contributed by atoms with Crippen molar-refractivity contribution in [2.75, 3.05) is 19.0 Å². The first kappa shape index (κ1) is 19.0. The summed E-state index contributed by atoms with van der Waals surface area (Å²) in [6, 6.07) is 10.2. The average molecular weight is 389 g/mol. The molecule has 1 fully saturated rings. The monoisotopic (exact) mass is 388 g/mol. The zero-order valence-corrected chi connectivity index (χ0v) is 15.9. The van der Waals surface area contributed by atoms with Crippen LogP contribution in [0.5, 0.6) is 11.5 Å². The number of anilines is 1. The van der Waals surface area contributed by atoms with Gasteiger partial charge in [0.05, 0.1) is 30.0 Å². The fraction of sp³-hybridized carbons (Fsp3) is 0.300. The summed E-state index contributed by atoms with van der Waals surface area (Å²) >= 11 is 6.24. The Morgan fingerprint density at radius 2 is 1.93 bits per heavy atom. The van der Waals surface area contributed by atoms with Gasteiger partial charge in [0.2, 0.25) is 0 Å². The maximum atomic E-state index is 12.7. The third-order valence-corrected chi connectivity index (χ3v) is 4.39. The van der Waals surface area contributed by atoms with Gasteiger partial charge in [-0.2, -0.15) is 0 Å². The van der Waals surface area contributed by atoms with Gasteiger partial charge in [-0.3, -0.25) is 9.59 Å². The summed E-state index contributed by atoms with van der Waals surface area (Å²) in [5.74, 6) is 0.164. The number of hydrogen-bond acceptors (Lipinski definition) is 4. The van der Waals surface area contributed by atoms with Crippen LogP contribution in [0.3, 0.4) is 0 Å². The number of methoxy groups -OCH3 is 1. The van der Waals surface area contributed by atoms with Crippen molar-refractivity contribution in [2.45, 2.75) is 25.8 Å². The van der Waals surface area contributed by atoms with Crippen LogP contribution in [0.15, 0.2) is 36.4 Å². The summed E-state index contributed by atoms with van der Waals surface area (Å²) in [5, 5.41) is 5.98. The highest BCUT2D eigenvalue weighted by Crippen LogP contribution is 2.36. The van der Waals surface area contributed by atoms with Crippen molar-refractivity contribution >= 4 is 29.1 Å². The van der Waals surface area contributed by atoms with Crippen LogP contribution in [0.25, 0.3) is 0 Å². The molecule has 142 valence electrons. The van der Waals surface area contributed by atoms with E-state index in [-0.39, 0.29) is 17.0 Å². The molecule has 3 rings (SSSR count). The second-order valence-corrected chi connectivity index (χ2v) is 6.58. The Labute approximate surface area is 162 Å². The zero-order chi connectivity index (χ0) is 19.4. The fourth-order valence-electron chi connectivity index (χ4n) is 2.61. The molecule has 6 nitrogen and oxygen atoms in total. The van der Waals surface area contributed by atoms with E-state index < -0.39 is 5.91 Å². The molecule has 0 radical (unpaired) electrons. The highest BCUT2D eigenvalue weighted by Gasteiger charge is 2.25. The lowest BCUT2D eigenvalue weighted by atomic mass is 10.1. The SMILES string of the molecule is CCOc1c(Cl)cc(C(=O)Nc2ccccc2C(=O)NC2CC2)cc1OC. The summed E-state index contributed by atoms with van der Waals surface area (Å²) < 4.78 is 10.7. The number of ether oxygens (including phenoxy) is 2. The van der Waals surface area contributed by atoms with Gasteiger partial charge >= 0.3 is 0 Å². The first-order chi connectivity index (χ1) is 13.0. The number of benzene rings is 2. The predicted octanol–water partition coefficient (Wildman–Crippen LogP) is 3.89. The minimum atomic E-state index is -0.398. The third-order valence-electron chi connectivity index (χ3n) is 4.11. The molecule has 0 heterocycles. The molecule has 1 aliphatic carbocycles. The first-order valence-corrected chi connectivity index (χ1v) is 9.12. The predicted molar refractivity (Wildman–Crippen MR) is 104 cm³/mol. The van der Waals surface area contributed by atoms with E-state index in [0.29, 0.717) is 34.9 Å². The zero-order valence-electron chi connectivity index (χ0n) is 15.2. The summed E-state index contributed by atoms with van der Waals surface area (Å²) in [7, 11) is 1.48. The Morgan fingerprint density at radius 1 is 1.19 bits per heavy atom. The van der Waals surface area contributed by atoms with Crippen LogP contribution in [-0.2, 0) is 0 Å². The number of amides is 2. The van der Waals surface area contributed by atoms with E-state index in [0.717, 1.165) is 12.8 Å². The van der Waals surface area contributed by atoms with Crippen molar-refractivity contribution in [3.63, 3.8) is 0 Å². The molecule has 1 aliphatic rings. The second-order valence-electron chi connectivity index (χ2n) is 6.17. The highest BCUT2D eigenvalue weighted by molar-refractivity contribution is 6.32. The molecule has 0 atom stereocenters. The lowest BCUT2D eigenvalue weighted by Gasteiger charge is -2.14. The molecular weight excluding hydrogens is 368 g/mol. The maximum absolute atomic E-state index is 12.7. The molecule has 0 spiro atoms. The van der Waals surface area contributed by atoms with Gasteiger partial charge in [-0.15, -0.1) is 0 Å². The Balaban J connectivity index is 1.83. The molecular formula is C20H21ClN2O4. The number of rotatable bonds is 7. The van der Waals surface area contributed by atoms with Gasteiger partial charge in [0, 0.05) is 11.6 Å². The summed E-state index contributed by atoms with van der Waals surface area (Å²) in [4.78, 5) is 25.1. The van der Waals surface area contributed by atoms with Gasteiger partial charge in [0.1, 0.15) is 0 Å². The van der Waals surface area contributed by atoms with Crippen LogP contribution < -0.4 is 20.1 Å². The van der Waals surface area contributed by atoms with Crippen molar-refractivity contribution in [3.05, 3.63) is 52.5 Å². The largest absolute Gasteiger partial charge is 0.493 e. The van der Waals surface area contributed by atoms with Crippen LogP contribution in [0, 0.1) is 0 Å². The molecule has 1 saturated carbocycles. The van der Waals surface area contributed by atoms with Gasteiger partial charge in [-0.05, 0) is 44.0 Å². The second kappa shape index (κ2) is 8.31. The molecule has 0 bridgehead atoms. The van der Waals surface area contributed by atoms with E-state index in [4.69, 9.17) is 21.1 Å². The van der Waals surface area contributed by atoms with Crippen LogP contribution in [0.1, 0.15) is 40.5 Å². The Bertz CT molecular complexity index is 865. The number of nitrogens with one attached hydrogen (secondary N) is 2. The molecule has 2 aromatic carbocycles. The van der Waals surface area contributed by atoms with Crippen LogP contribution >= 0.6 is 11.6 Å². The fourth-order valence-corrected chi connectivity index (χ4v) is 2.88. The summed E-state index contributed by atoms with van der Waals surface area (Å²) in [6.45, 7) is 2.26. The molecule has 0 aromatic heterocycles. The minimum absolute atomic E-state index is 0.198. The lowest BCUT2D eigenvalue weighted by Crippen LogP contribution is -2.27. The molecule has 27 heavy (non-hydrogen) atoms. The topological polar surface area (TPSA) is 76.7 Å². The van der Waals surface area contributed by atoms with E-state index in [1.807, 2.05) is 6.92 Å². The highest BCUT2D eigenvalue weighted by atomic mass is 35.5. The Hall–Kier alpha value is -2.73. The van der Waals surface area contributed by atoms with Crippen LogP contribution in [-0.4, -0.2) is 31.6 Å². The lowest BCUT2D eigenvalue weighted by molar-refractivity contribution is 0.0952. The molecule has 2 amide bonds. The minimum Gasteiger partial charge on any atom is -0.493 e. The van der Waals surface area contributed by atoms with Gasteiger partial charge < -0.3 is 20.1 Å². The van der Waals surface area contributed by atoms with E-state index >= 15 is 0 Å².